The SMILES string of the molecule is COc1ccc(S(=O)(=O)N2C[C@@H](C(=O)NCCCN3CCCC[C@@H]3C)c3ccccc32)c(C)c1C. The van der Waals surface area contributed by atoms with Crippen LogP contribution in [0, 0.1) is 13.8 Å². The van der Waals surface area contributed by atoms with E-state index in [1.54, 1.807) is 32.2 Å². The van der Waals surface area contributed by atoms with Gasteiger partial charge in [-0.3, -0.25) is 9.10 Å². The number of ether oxygens (including phenoxy) is 1. The molecular formula is C27H37N3O4S. The Morgan fingerprint density at radius 3 is 2.63 bits per heavy atom. The number of amides is 1. The molecule has 0 bridgehead atoms. The quantitative estimate of drug-likeness (QED) is 0.556. The van der Waals surface area contributed by atoms with Gasteiger partial charge in [-0.25, -0.2) is 8.42 Å². The Bertz CT molecular complexity index is 1180. The van der Waals surface area contributed by atoms with Crippen molar-refractivity contribution in [3.05, 3.63) is 53.1 Å². The summed E-state index contributed by atoms with van der Waals surface area (Å²) in [7, 11) is -2.28. The molecule has 0 aromatic heterocycles. The monoisotopic (exact) mass is 499 g/mol. The molecule has 35 heavy (non-hydrogen) atoms. The fraction of sp³-hybridized carbons (Fsp3) is 0.519. The number of nitrogens with one attached hydrogen (secondary N) is 1. The van der Waals surface area contributed by atoms with Crippen LogP contribution in [0.3, 0.4) is 0 Å². The second-order valence-corrected chi connectivity index (χ2v) is 11.5. The summed E-state index contributed by atoms with van der Waals surface area (Å²) in [4.78, 5) is 15.9. The van der Waals surface area contributed by atoms with E-state index < -0.39 is 15.9 Å². The third-order valence-electron chi connectivity index (χ3n) is 7.58. The molecular weight excluding hydrogens is 462 g/mol. The zero-order valence-corrected chi connectivity index (χ0v) is 22.0. The number of para-hydroxylation sites is 1. The lowest BCUT2D eigenvalue weighted by molar-refractivity contribution is -0.122. The van der Waals surface area contributed by atoms with Crippen molar-refractivity contribution in [3.63, 3.8) is 0 Å². The highest BCUT2D eigenvalue weighted by molar-refractivity contribution is 7.93. The van der Waals surface area contributed by atoms with Crippen molar-refractivity contribution in [1.29, 1.82) is 0 Å². The van der Waals surface area contributed by atoms with Crippen LogP contribution in [0.1, 0.15) is 55.2 Å². The molecule has 0 unspecified atom stereocenters. The molecule has 0 spiro atoms. The minimum atomic E-state index is -3.85. The number of likely N-dealkylation sites (tertiary alicyclic amines) is 1. The van der Waals surface area contributed by atoms with E-state index in [0.717, 1.165) is 30.6 Å². The third-order valence-corrected chi connectivity index (χ3v) is 9.51. The highest BCUT2D eigenvalue weighted by Gasteiger charge is 2.40. The Hall–Kier alpha value is -2.58. The lowest BCUT2D eigenvalue weighted by Crippen LogP contribution is -2.40. The molecule has 2 aliphatic rings. The Balaban J connectivity index is 1.48. The summed E-state index contributed by atoms with van der Waals surface area (Å²) in [5.74, 6) is -0.00140. The number of fused-ring (bicyclic) bond motifs is 1. The molecule has 1 amide bonds. The van der Waals surface area contributed by atoms with Gasteiger partial charge in [0.2, 0.25) is 5.91 Å². The molecule has 0 radical (unpaired) electrons. The van der Waals surface area contributed by atoms with Crippen molar-refractivity contribution in [3.8, 4) is 5.75 Å². The van der Waals surface area contributed by atoms with Gasteiger partial charge in [0.1, 0.15) is 5.75 Å². The number of sulfonamides is 1. The van der Waals surface area contributed by atoms with Crippen LogP contribution in [0.2, 0.25) is 0 Å². The molecule has 8 heteroatoms. The maximum absolute atomic E-state index is 13.8. The number of hydrogen-bond acceptors (Lipinski definition) is 5. The highest BCUT2D eigenvalue weighted by atomic mass is 32.2. The minimum absolute atomic E-state index is 0.0984. The van der Waals surface area contributed by atoms with Crippen LogP contribution in [-0.2, 0) is 14.8 Å². The topological polar surface area (TPSA) is 79.0 Å². The summed E-state index contributed by atoms with van der Waals surface area (Å²) in [5, 5.41) is 3.06. The maximum Gasteiger partial charge on any atom is 0.264 e. The van der Waals surface area contributed by atoms with E-state index in [9.17, 15) is 13.2 Å². The van der Waals surface area contributed by atoms with Crippen LogP contribution >= 0.6 is 0 Å². The van der Waals surface area contributed by atoms with E-state index >= 15 is 0 Å². The molecule has 0 saturated carbocycles. The molecule has 2 aliphatic heterocycles. The number of anilines is 1. The zero-order chi connectivity index (χ0) is 25.2. The smallest absolute Gasteiger partial charge is 0.264 e. The second kappa shape index (κ2) is 10.6. The standard InChI is InChI=1S/C27H37N3O4S/c1-19-10-7-8-16-29(19)17-9-15-28-27(31)23-18-30(24-12-6-5-11-22(23)24)35(32,33)26-14-13-25(34-4)20(2)21(26)3/h5-6,11-14,19,23H,7-10,15-18H2,1-4H3,(H,28,31)/t19-,23+/m0/s1. The number of piperidine rings is 1. The molecule has 190 valence electrons. The number of carbonyl (C=O) groups is 1. The summed E-state index contributed by atoms with van der Waals surface area (Å²) in [5.41, 5.74) is 2.77. The van der Waals surface area contributed by atoms with Gasteiger partial charge in [0.25, 0.3) is 10.0 Å². The average Bonchev–Trinajstić information content (AvgIpc) is 3.25. The van der Waals surface area contributed by atoms with Crippen LogP contribution < -0.4 is 14.4 Å². The van der Waals surface area contributed by atoms with Gasteiger partial charge in [-0.1, -0.05) is 24.6 Å². The zero-order valence-electron chi connectivity index (χ0n) is 21.2. The van der Waals surface area contributed by atoms with Crippen LogP contribution in [0.15, 0.2) is 41.3 Å². The molecule has 4 rings (SSSR count). The van der Waals surface area contributed by atoms with Gasteiger partial charge in [0, 0.05) is 19.1 Å². The van der Waals surface area contributed by atoms with Gasteiger partial charge in [-0.05, 0) is 81.5 Å². The van der Waals surface area contributed by atoms with Crippen LogP contribution in [-0.4, -0.2) is 58.6 Å². The molecule has 2 atom stereocenters. The number of benzene rings is 2. The summed E-state index contributed by atoms with van der Waals surface area (Å²) >= 11 is 0. The maximum atomic E-state index is 13.8. The Morgan fingerprint density at radius 1 is 1.11 bits per heavy atom. The molecule has 7 nitrogen and oxygen atoms in total. The lowest BCUT2D eigenvalue weighted by atomic mass is 10.0. The molecule has 1 saturated heterocycles. The van der Waals surface area contributed by atoms with Crippen LogP contribution in [0.4, 0.5) is 5.69 Å². The predicted molar refractivity (Wildman–Crippen MR) is 139 cm³/mol. The first-order chi connectivity index (χ1) is 16.8. The predicted octanol–water partition coefficient (Wildman–Crippen LogP) is 3.99. The van der Waals surface area contributed by atoms with Gasteiger partial charge in [-0.15, -0.1) is 0 Å². The number of rotatable bonds is 8. The van der Waals surface area contributed by atoms with E-state index in [-0.39, 0.29) is 17.3 Å². The minimum Gasteiger partial charge on any atom is -0.496 e. The first kappa shape index (κ1) is 25.5. The third kappa shape index (κ3) is 5.05. The fourth-order valence-corrected chi connectivity index (χ4v) is 7.11. The summed E-state index contributed by atoms with van der Waals surface area (Å²) in [6, 6.07) is 11.2. The molecule has 0 aliphatic carbocycles. The van der Waals surface area contributed by atoms with E-state index in [1.807, 2.05) is 25.1 Å². The molecule has 1 N–H and O–H groups in total. The van der Waals surface area contributed by atoms with Crippen molar-refractivity contribution >= 4 is 21.6 Å². The Morgan fingerprint density at radius 2 is 1.89 bits per heavy atom. The number of methoxy groups -OCH3 is 1. The average molecular weight is 500 g/mol. The highest BCUT2D eigenvalue weighted by Crippen LogP contribution is 2.41. The van der Waals surface area contributed by atoms with Crippen molar-refractivity contribution in [1.82, 2.24) is 10.2 Å². The van der Waals surface area contributed by atoms with Crippen LogP contribution in [0.25, 0.3) is 0 Å². The molecule has 2 aromatic carbocycles. The van der Waals surface area contributed by atoms with Crippen molar-refractivity contribution in [2.24, 2.45) is 0 Å². The van der Waals surface area contributed by atoms with Gasteiger partial charge < -0.3 is 15.0 Å². The Labute approximate surface area is 209 Å². The van der Waals surface area contributed by atoms with E-state index in [2.05, 4.69) is 17.1 Å². The molecule has 1 fully saturated rings. The normalized spacial score (nSPS) is 20.5. The first-order valence-electron chi connectivity index (χ1n) is 12.5. The summed E-state index contributed by atoms with van der Waals surface area (Å²) in [6.07, 6.45) is 4.66. The van der Waals surface area contributed by atoms with E-state index in [0.29, 0.717) is 29.6 Å². The summed E-state index contributed by atoms with van der Waals surface area (Å²) < 4.78 is 34.2. The van der Waals surface area contributed by atoms with E-state index in [1.165, 1.54) is 23.6 Å². The van der Waals surface area contributed by atoms with Gasteiger partial charge >= 0.3 is 0 Å². The lowest BCUT2D eigenvalue weighted by Gasteiger charge is -2.33. The largest absolute Gasteiger partial charge is 0.496 e. The van der Waals surface area contributed by atoms with Crippen LogP contribution in [0.5, 0.6) is 5.75 Å². The number of carbonyl (C=O) groups excluding carboxylic acids is 1. The molecule has 2 heterocycles. The van der Waals surface area contributed by atoms with Gasteiger partial charge in [0.05, 0.1) is 30.2 Å². The number of hydrogen-bond donors (Lipinski definition) is 1. The summed E-state index contributed by atoms with van der Waals surface area (Å²) in [6.45, 7) is 8.70. The fourth-order valence-electron chi connectivity index (χ4n) is 5.32. The molecule has 2 aromatic rings. The van der Waals surface area contributed by atoms with Crippen molar-refractivity contribution in [2.45, 2.75) is 63.3 Å². The second-order valence-electron chi connectivity index (χ2n) is 9.69. The van der Waals surface area contributed by atoms with E-state index in [4.69, 9.17) is 4.74 Å². The number of nitrogens with zero attached hydrogens (tertiary/aromatic N) is 2. The van der Waals surface area contributed by atoms with Crippen molar-refractivity contribution in [2.75, 3.05) is 37.6 Å². The van der Waals surface area contributed by atoms with Gasteiger partial charge in [-0.2, -0.15) is 0 Å². The Kier molecular flexibility index (Phi) is 7.71. The first-order valence-corrected chi connectivity index (χ1v) is 14.0. The van der Waals surface area contributed by atoms with Gasteiger partial charge in [0.15, 0.2) is 0 Å². The van der Waals surface area contributed by atoms with Crippen molar-refractivity contribution < 1.29 is 17.9 Å².